The van der Waals surface area contributed by atoms with Gasteiger partial charge in [0.1, 0.15) is 5.75 Å². The summed E-state index contributed by atoms with van der Waals surface area (Å²) in [5, 5.41) is 4.66. The van der Waals surface area contributed by atoms with Gasteiger partial charge in [0, 0.05) is 11.3 Å². The summed E-state index contributed by atoms with van der Waals surface area (Å²) in [4.78, 5) is 24.1. The average molecular weight is 449 g/mol. The molecule has 31 heavy (non-hydrogen) atoms. The van der Waals surface area contributed by atoms with E-state index in [1.165, 1.54) is 48.5 Å². The molecule has 5 nitrogen and oxygen atoms in total. The van der Waals surface area contributed by atoms with Gasteiger partial charge in [0.25, 0.3) is 5.91 Å². The maximum Gasteiger partial charge on any atom is 0.429 e. The Morgan fingerprint density at radius 2 is 1.48 bits per heavy atom. The Balaban J connectivity index is 1.67. The maximum atomic E-state index is 13.5. The molecule has 3 rings (SSSR count). The summed E-state index contributed by atoms with van der Waals surface area (Å²) in [6.45, 7) is 0. The summed E-state index contributed by atoms with van der Waals surface area (Å²) >= 11 is 5.91. The van der Waals surface area contributed by atoms with Crippen molar-refractivity contribution in [2.45, 2.75) is 12.3 Å². The molecule has 160 valence electrons. The van der Waals surface area contributed by atoms with E-state index in [1.54, 1.807) is 30.3 Å². The molecule has 1 atom stereocenters. The minimum absolute atomic E-state index is 0.0736. The second-order valence-corrected chi connectivity index (χ2v) is 6.77. The van der Waals surface area contributed by atoms with Gasteiger partial charge in [-0.3, -0.25) is 10.1 Å². The number of halogens is 4. The van der Waals surface area contributed by atoms with E-state index in [4.69, 9.17) is 16.3 Å². The molecule has 3 aromatic rings. The van der Waals surface area contributed by atoms with Gasteiger partial charge >= 0.3 is 12.2 Å². The lowest BCUT2D eigenvalue weighted by Gasteiger charge is -2.22. The number of imide groups is 1. The van der Waals surface area contributed by atoms with Crippen LogP contribution in [0.4, 0.5) is 23.7 Å². The summed E-state index contributed by atoms with van der Waals surface area (Å²) in [5.74, 6) is -0.641. The first-order valence-corrected chi connectivity index (χ1v) is 9.37. The van der Waals surface area contributed by atoms with Crippen LogP contribution in [0.3, 0.4) is 0 Å². The second-order valence-electron chi connectivity index (χ2n) is 6.36. The average Bonchev–Trinajstić information content (AvgIpc) is 2.73. The summed E-state index contributed by atoms with van der Waals surface area (Å²) in [6.07, 6.45) is -6.83. The predicted octanol–water partition coefficient (Wildman–Crippen LogP) is 5.98. The SMILES string of the molecule is O=C(NC(=O)c1ccccc1Cl)Nc1ccc(C(Oc2ccccc2)C(F)(F)F)cc1. The zero-order chi connectivity index (χ0) is 22.4. The minimum atomic E-state index is -4.65. The topological polar surface area (TPSA) is 67.4 Å². The van der Waals surface area contributed by atoms with E-state index < -0.39 is 24.2 Å². The monoisotopic (exact) mass is 448 g/mol. The number of alkyl halides is 3. The van der Waals surface area contributed by atoms with Crippen molar-refractivity contribution in [3.63, 3.8) is 0 Å². The van der Waals surface area contributed by atoms with Gasteiger partial charge in [-0.1, -0.05) is 54.1 Å². The fourth-order valence-electron chi connectivity index (χ4n) is 2.68. The van der Waals surface area contributed by atoms with Crippen molar-refractivity contribution in [3.05, 3.63) is 95.0 Å². The van der Waals surface area contributed by atoms with Gasteiger partial charge in [-0.2, -0.15) is 13.2 Å². The van der Waals surface area contributed by atoms with E-state index in [1.807, 2.05) is 0 Å². The number of anilines is 1. The third kappa shape index (κ3) is 5.99. The van der Waals surface area contributed by atoms with Crippen molar-refractivity contribution in [2.24, 2.45) is 0 Å². The molecule has 0 saturated carbocycles. The van der Waals surface area contributed by atoms with E-state index in [0.29, 0.717) is 0 Å². The van der Waals surface area contributed by atoms with Crippen molar-refractivity contribution in [1.82, 2.24) is 5.32 Å². The van der Waals surface area contributed by atoms with E-state index in [0.717, 1.165) is 0 Å². The van der Waals surface area contributed by atoms with Crippen LogP contribution in [0, 0.1) is 0 Å². The molecule has 0 radical (unpaired) electrons. The molecule has 2 N–H and O–H groups in total. The zero-order valence-electron chi connectivity index (χ0n) is 15.8. The number of rotatable bonds is 5. The first-order chi connectivity index (χ1) is 14.7. The lowest BCUT2D eigenvalue weighted by molar-refractivity contribution is -0.198. The van der Waals surface area contributed by atoms with Gasteiger partial charge in [-0.05, 0) is 36.4 Å². The number of carbonyl (C=O) groups is 2. The van der Waals surface area contributed by atoms with Gasteiger partial charge < -0.3 is 10.1 Å². The van der Waals surface area contributed by atoms with E-state index in [2.05, 4.69) is 10.6 Å². The summed E-state index contributed by atoms with van der Waals surface area (Å²) in [6, 6.07) is 17.9. The highest BCUT2D eigenvalue weighted by molar-refractivity contribution is 6.34. The lowest BCUT2D eigenvalue weighted by atomic mass is 10.1. The Bertz CT molecular complexity index is 1060. The number of nitrogens with one attached hydrogen (secondary N) is 2. The van der Waals surface area contributed by atoms with Crippen molar-refractivity contribution < 1.29 is 27.5 Å². The number of para-hydroxylation sites is 1. The number of hydrogen-bond acceptors (Lipinski definition) is 3. The minimum Gasteiger partial charge on any atom is -0.476 e. The summed E-state index contributed by atoms with van der Waals surface area (Å²) in [7, 11) is 0. The van der Waals surface area contributed by atoms with Gasteiger partial charge in [-0.15, -0.1) is 0 Å². The van der Waals surface area contributed by atoms with Crippen LogP contribution in [-0.2, 0) is 0 Å². The third-order valence-corrected chi connectivity index (χ3v) is 4.44. The number of urea groups is 1. The molecule has 3 amide bonds. The van der Waals surface area contributed by atoms with E-state index >= 15 is 0 Å². The molecule has 0 aliphatic rings. The molecule has 0 bridgehead atoms. The Morgan fingerprint density at radius 1 is 0.871 bits per heavy atom. The van der Waals surface area contributed by atoms with Crippen LogP contribution in [0.2, 0.25) is 5.02 Å². The molecule has 0 fully saturated rings. The van der Waals surface area contributed by atoms with E-state index in [9.17, 15) is 22.8 Å². The van der Waals surface area contributed by atoms with Crippen LogP contribution in [0.15, 0.2) is 78.9 Å². The van der Waals surface area contributed by atoms with Gasteiger partial charge in [-0.25, -0.2) is 4.79 Å². The Kier molecular flexibility index (Phi) is 6.81. The fraction of sp³-hybridized carbons (Fsp3) is 0.0909. The number of ether oxygens (including phenoxy) is 1. The van der Waals surface area contributed by atoms with Crippen LogP contribution in [-0.4, -0.2) is 18.1 Å². The molecule has 9 heteroatoms. The molecule has 0 aliphatic heterocycles. The zero-order valence-corrected chi connectivity index (χ0v) is 16.6. The Hall–Kier alpha value is -3.52. The molecule has 3 aromatic carbocycles. The maximum absolute atomic E-state index is 13.5. The van der Waals surface area contributed by atoms with Crippen molar-refractivity contribution in [3.8, 4) is 5.75 Å². The molecule has 0 heterocycles. The second kappa shape index (κ2) is 9.53. The molecule has 0 saturated heterocycles. The standard InChI is InChI=1S/C22H16ClF3N2O3/c23-18-9-5-4-8-17(18)20(29)28-21(30)27-15-12-10-14(11-13-15)19(22(24,25)26)31-16-6-2-1-3-7-16/h1-13,19H,(H2,27,28,29,30). The molecule has 0 aromatic heterocycles. The van der Waals surface area contributed by atoms with E-state index in [-0.39, 0.29) is 27.6 Å². The quantitative estimate of drug-likeness (QED) is 0.504. The van der Waals surface area contributed by atoms with Crippen LogP contribution >= 0.6 is 11.6 Å². The van der Waals surface area contributed by atoms with Crippen LogP contribution < -0.4 is 15.4 Å². The normalized spacial score (nSPS) is 12.0. The third-order valence-electron chi connectivity index (χ3n) is 4.11. The molecule has 0 aliphatic carbocycles. The van der Waals surface area contributed by atoms with Crippen LogP contribution in [0.5, 0.6) is 5.75 Å². The highest BCUT2D eigenvalue weighted by Crippen LogP contribution is 2.37. The largest absolute Gasteiger partial charge is 0.476 e. The summed E-state index contributed by atoms with van der Waals surface area (Å²) in [5.41, 5.74) is 0.157. The Morgan fingerprint density at radius 3 is 2.10 bits per heavy atom. The Labute approximate surface area is 180 Å². The van der Waals surface area contributed by atoms with Crippen molar-refractivity contribution >= 4 is 29.2 Å². The highest BCUT2D eigenvalue weighted by atomic mass is 35.5. The van der Waals surface area contributed by atoms with Crippen LogP contribution in [0.1, 0.15) is 22.0 Å². The van der Waals surface area contributed by atoms with Crippen molar-refractivity contribution in [1.29, 1.82) is 0 Å². The number of hydrogen-bond donors (Lipinski definition) is 2. The van der Waals surface area contributed by atoms with Crippen LogP contribution in [0.25, 0.3) is 0 Å². The fourth-order valence-corrected chi connectivity index (χ4v) is 2.90. The highest BCUT2D eigenvalue weighted by Gasteiger charge is 2.43. The molecule has 0 spiro atoms. The molecular weight excluding hydrogens is 433 g/mol. The summed E-state index contributed by atoms with van der Waals surface area (Å²) < 4.78 is 45.6. The molecule has 1 unspecified atom stereocenters. The number of benzene rings is 3. The number of amides is 3. The van der Waals surface area contributed by atoms with Crippen molar-refractivity contribution in [2.75, 3.05) is 5.32 Å². The molecular formula is C22H16ClF3N2O3. The first kappa shape index (κ1) is 22.2. The first-order valence-electron chi connectivity index (χ1n) is 8.99. The van der Waals surface area contributed by atoms with Gasteiger partial charge in [0.15, 0.2) is 0 Å². The lowest BCUT2D eigenvalue weighted by Crippen LogP contribution is -2.34. The number of carbonyl (C=O) groups excluding carboxylic acids is 2. The van der Waals surface area contributed by atoms with Gasteiger partial charge in [0.05, 0.1) is 10.6 Å². The predicted molar refractivity (Wildman–Crippen MR) is 110 cm³/mol. The smallest absolute Gasteiger partial charge is 0.429 e. The van der Waals surface area contributed by atoms with Gasteiger partial charge in [0.2, 0.25) is 6.10 Å².